The molecule has 2 rings (SSSR count). The van der Waals surface area contributed by atoms with Crippen molar-refractivity contribution in [3.05, 3.63) is 63.3 Å². The summed E-state index contributed by atoms with van der Waals surface area (Å²) < 4.78 is 14.4. The van der Waals surface area contributed by atoms with E-state index < -0.39 is 5.82 Å². The molecule has 0 aliphatic carbocycles. The fraction of sp³-hybridized carbons (Fsp3) is 0.143. The molecule has 0 saturated carbocycles. The lowest BCUT2D eigenvalue weighted by Crippen LogP contribution is -2.07. The maximum absolute atomic E-state index is 13.3. The molecule has 2 aromatic carbocycles. The summed E-state index contributed by atoms with van der Waals surface area (Å²) >= 11 is 9.15. The van der Waals surface area contributed by atoms with Crippen LogP contribution < -0.4 is 5.32 Å². The van der Waals surface area contributed by atoms with E-state index in [0.717, 1.165) is 10.0 Å². The molecular formula is C14H12BrClFN. The van der Waals surface area contributed by atoms with E-state index in [2.05, 4.69) is 21.2 Å². The number of hydrogen-bond acceptors (Lipinski definition) is 1. The number of nitrogens with one attached hydrogen (secondary N) is 1. The van der Waals surface area contributed by atoms with Crippen molar-refractivity contribution in [2.75, 3.05) is 5.32 Å². The van der Waals surface area contributed by atoms with Crippen molar-refractivity contribution in [2.24, 2.45) is 0 Å². The predicted octanol–water partition coefficient (Wildman–Crippen LogP) is 5.41. The average Bonchev–Trinajstić information content (AvgIpc) is 2.34. The summed E-state index contributed by atoms with van der Waals surface area (Å²) in [6.45, 7) is 2.02. The van der Waals surface area contributed by atoms with Gasteiger partial charge in [0.2, 0.25) is 0 Å². The van der Waals surface area contributed by atoms with E-state index in [0.29, 0.717) is 5.69 Å². The molecule has 94 valence electrons. The number of anilines is 1. The zero-order valence-electron chi connectivity index (χ0n) is 9.75. The molecule has 0 bridgehead atoms. The van der Waals surface area contributed by atoms with E-state index in [4.69, 9.17) is 11.6 Å². The van der Waals surface area contributed by atoms with Gasteiger partial charge in [-0.2, -0.15) is 0 Å². The first-order valence-corrected chi connectivity index (χ1v) is 6.71. The third-order valence-electron chi connectivity index (χ3n) is 2.67. The minimum Gasteiger partial charge on any atom is -0.378 e. The minimum absolute atomic E-state index is 0.0705. The van der Waals surface area contributed by atoms with Crippen LogP contribution in [0, 0.1) is 5.82 Å². The first kappa shape index (κ1) is 13.4. The Morgan fingerprint density at radius 1 is 1.22 bits per heavy atom. The van der Waals surface area contributed by atoms with Crippen molar-refractivity contribution in [3.63, 3.8) is 0 Å². The first-order valence-electron chi connectivity index (χ1n) is 5.54. The highest BCUT2D eigenvalue weighted by Gasteiger charge is 2.09. The quantitative estimate of drug-likeness (QED) is 0.794. The molecule has 1 N–H and O–H groups in total. The smallest absolute Gasteiger partial charge is 0.143 e. The molecular weight excluding hydrogens is 317 g/mol. The number of halogens is 3. The summed E-state index contributed by atoms with van der Waals surface area (Å²) in [4.78, 5) is 0. The van der Waals surface area contributed by atoms with Crippen molar-refractivity contribution < 1.29 is 4.39 Å². The van der Waals surface area contributed by atoms with Crippen LogP contribution >= 0.6 is 27.5 Å². The molecule has 0 aliphatic heterocycles. The molecule has 1 atom stereocenters. The standard InChI is InChI=1S/C14H12BrClFN/c1-9(11-4-2-3-5-12(11)15)18-10-6-7-13(16)14(17)8-10/h2-9,18H,1H3. The van der Waals surface area contributed by atoms with Crippen molar-refractivity contribution in [3.8, 4) is 0 Å². The maximum Gasteiger partial charge on any atom is 0.143 e. The Bertz CT molecular complexity index is 559. The summed E-state index contributed by atoms with van der Waals surface area (Å²) in [5, 5.41) is 3.37. The zero-order chi connectivity index (χ0) is 13.1. The lowest BCUT2D eigenvalue weighted by Gasteiger charge is -2.17. The summed E-state index contributed by atoms with van der Waals surface area (Å²) in [5.41, 5.74) is 1.83. The van der Waals surface area contributed by atoms with Crippen LogP contribution in [0.3, 0.4) is 0 Å². The second-order valence-electron chi connectivity index (χ2n) is 4.02. The van der Waals surface area contributed by atoms with Gasteiger partial charge in [0, 0.05) is 16.2 Å². The molecule has 0 aromatic heterocycles. The van der Waals surface area contributed by atoms with Gasteiger partial charge in [-0.25, -0.2) is 4.39 Å². The summed E-state index contributed by atoms with van der Waals surface area (Å²) in [6.07, 6.45) is 0. The van der Waals surface area contributed by atoms with Gasteiger partial charge in [0.1, 0.15) is 5.82 Å². The van der Waals surface area contributed by atoms with E-state index in [1.807, 2.05) is 31.2 Å². The Hall–Kier alpha value is -1.06. The third kappa shape index (κ3) is 3.03. The lowest BCUT2D eigenvalue weighted by molar-refractivity contribution is 0.628. The molecule has 0 heterocycles. The number of benzene rings is 2. The number of hydrogen-bond donors (Lipinski definition) is 1. The van der Waals surface area contributed by atoms with Crippen LogP contribution in [0.5, 0.6) is 0 Å². The van der Waals surface area contributed by atoms with Gasteiger partial charge >= 0.3 is 0 Å². The van der Waals surface area contributed by atoms with E-state index in [9.17, 15) is 4.39 Å². The lowest BCUT2D eigenvalue weighted by atomic mass is 10.1. The van der Waals surface area contributed by atoms with Crippen molar-refractivity contribution in [1.29, 1.82) is 0 Å². The van der Waals surface area contributed by atoms with Crippen LogP contribution in [0.25, 0.3) is 0 Å². The molecule has 0 aliphatic rings. The molecule has 0 saturated heterocycles. The van der Waals surface area contributed by atoms with Gasteiger partial charge < -0.3 is 5.32 Å². The molecule has 0 amide bonds. The van der Waals surface area contributed by atoms with Crippen LogP contribution in [-0.2, 0) is 0 Å². The van der Waals surface area contributed by atoms with Gasteiger partial charge in [-0.1, -0.05) is 45.7 Å². The van der Waals surface area contributed by atoms with Gasteiger partial charge in [0.05, 0.1) is 5.02 Å². The van der Waals surface area contributed by atoms with E-state index in [1.54, 1.807) is 12.1 Å². The third-order valence-corrected chi connectivity index (χ3v) is 3.70. The van der Waals surface area contributed by atoms with Gasteiger partial charge in [-0.15, -0.1) is 0 Å². The Morgan fingerprint density at radius 3 is 2.61 bits per heavy atom. The maximum atomic E-state index is 13.3. The molecule has 4 heteroatoms. The summed E-state index contributed by atoms with van der Waals surface area (Å²) in [7, 11) is 0. The highest BCUT2D eigenvalue weighted by atomic mass is 79.9. The van der Waals surface area contributed by atoms with Gasteiger partial charge in [0.15, 0.2) is 0 Å². The molecule has 0 spiro atoms. The first-order chi connectivity index (χ1) is 8.58. The van der Waals surface area contributed by atoms with Gasteiger partial charge in [0.25, 0.3) is 0 Å². The zero-order valence-corrected chi connectivity index (χ0v) is 12.1. The molecule has 18 heavy (non-hydrogen) atoms. The summed E-state index contributed by atoms with van der Waals surface area (Å²) in [6, 6.07) is 12.7. The van der Waals surface area contributed by atoms with Crippen LogP contribution in [0.1, 0.15) is 18.5 Å². The second kappa shape index (κ2) is 5.72. The van der Waals surface area contributed by atoms with E-state index in [1.165, 1.54) is 6.07 Å². The van der Waals surface area contributed by atoms with Crippen LogP contribution in [-0.4, -0.2) is 0 Å². The van der Waals surface area contributed by atoms with E-state index >= 15 is 0 Å². The van der Waals surface area contributed by atoms with E-state index in [-0.39, 0.29) is 11.1 Å². The molecule has 0 fully saturated rings. The number of rotatable bonds is 3. The second-order valence-corrected chi connectivity index (χ2v) is 5.28. The summed E-state index contributed by atoms with van der Waals surface area (Å²) in [5.74, 6) is -0.416. The van der Waals surface area contributed by atoms with Crippen molar-refractivity contribution in [2.45, 2.75) is 13.0 Å². The highest BCUT2D eigenvalue weighted by Crippen LogP contribution is 2.27. The topological polar surface area (TPSA) is 12.0 Å². The minimum atomic E-state index is -0.416. The largest absolute Gasteiger partial charge is 0.378 e. The Kier molecular flexibility index (Phi) is 4.25. The van der Waals surface area contributed by atoms with Gasteiger partial charge in [-0.05, 0) is 36.8 Å². The molecule has 1 unspecified atom stereocenters. The Balaban J connectivity index is 2.19. The SMILES string of the molecule is CC(Nc1ccc(Cl)c(F)c1)c1ccccc1Br. The fourth-order valence-corrected chi connectivity index (χ4v) is 2.49. The molecule has 2 aromatic rings. The van der Waals surface area contributed by atoms with Crippen LogP contribution in [0.15, 0.2) is 46.9 Å². The average molecular weight is 329 g/mol. The normalized spacial score (nSPS) is 12.2. The highest BCUT2D eigenvalue weighted by molar-refractivity contribution is 9.10. The monoisotopic (exact) mass is 327 g/mol. The van der Waals surface area contributed by atoms with Crippen molar-refractivity contribution in [1.82, 2.24) is 0 Å². The Morgan fingerprint density at radius 2 is 1.94 bits per heavy atom. The van der Waals surface area contributed by atoms with Crippen LogP contribution in [0.4, 0.5) is 10.1 Å². The fourth-order valence-electron chi connectivity index (χ4n) is 1.74. The van der Waals surface area contributed by atoms with Gasteiger partial charge in [-0.3, -0.25) is 0 Å². The predicted molar refractivity (Wildman–Crippen MR) is 77.6 cm³/mol. The Labute approximate surface area is 119 Å². The van der Waals surface area contributed by atoms with Crippen LogP contribution in [0.2, 0.25) is 5.02 Å². The molecule has 1 nitrogen and oxygen atoms in total. The molecule has 0 radical (unpaired) electrons. The van der Waals surface area contributed by atoms with Crippen molar-refractivity contribution >= 4 is 33.2 Å².